The number of ketones is 1. The van der Waals surface area contributed by atoms with E-state index in [-0.39, 0.29) is 23.9 Å². The van der Waals surface area contributed by atoms with Crippen LogP contribution in [0.5, 0.6) is 0 Å². The molecule has 1 fully saturated rings. The summed E-state index contributed by atoms with van der Waals surface area (Å²) in [6, 6.07) is 0. The van der Waals surface area contributed by atoms with Crippen molar-refractivity contribution in [2.45, 2.75) is 32.6 Å². The molecule has 0 heterocycles. The quantitative estimate of drug-likeness (QED) is 0.412. The van der Waals surface area contributed by atoms with E-state index in [0.717, 1.165) is 12.8 Å². The van der Waals surface area contributed by atoms with Crippen molar-refractivity contribution in [2.75, 3.05) is 6.61 Å². The lowest BCUT2D eigenvalue weighted by Gasteiger charge is -2.17. The minimum absolute atomic E-state index is 0.148. The largest absolute Gasteiger partial charge is 0.798 e. The van der Waals surface area contributed by atoms with Crippen LogP contribution in [0.2, 0.25) is 0 Å². The van der Waals surface area contributed by atoms with Gasteiger partial charge in [0.2, 0.25) is 0 Å². The molecule has 0 bridgehead atoms. The standard InChI is InChI=1S/C9H13BF2O3/c1-2-14-9(15-10(11)12)7-5-3-4-6-8(7)13/h2-6H2,1H3/b9-7-. The molecule has 0 aromatic heterocycles. The van der Waals surface area contributed by atoms with Crippen LogP contribution in [0, 0.1) is 0 Å². The molecule has 3 nitrogen and oxygen atoms in total. The van der Waals surface area contributed by atoms with Crippen molar-refractivity contribution >= 4 is 13.3 Å². The Hall–Kier alpha value is -1.07. The SMILES string of the molecule is CCO/C(OB(F)F)=C1\CCCCC1=O. The zero-order valence-corrected chi connectivity index (χ0v) is 8.59. The minimum Gasteiger partial charge on any atom is -0.478 e. The highest BCUT2D eigenvalue weighted by atomic mass is 19.2. The van der Waals surface area contributed by atoms with E-state index >= 15 is 0 Å². The van der Waals surface area contributed by atoms with Crippen molar-refractivity contribution in [3.05, 3.63) is 11.5 Å². The summed E-state index contributed by atoms with van der Waals surface area (Å²) in [6.45, 7) is 1.86. The first-order valence-electron chi connectivity index (χ1n) is 4.99. The molecular weight excluding hydrogens is 205 g/mol. The lowest BCUT2D eigenvalue weighted by atomic mass is 9.94. The Kier molecular flexibility index (Phi) is 4.58. The molecule has 0 aromatic carbocycles. The number of Topliss-reactive ketones (excluding diaryl/α,β-unsaturated/α-hetero) is 1. The first-order chi connectivity index (χ1) is 7.15. The first kappa shape index (κ1) is 12.0. The molecule has 0 aromatic rings. The van der Waals surface area contributed by atoms with Gasteiger partial charge in [-0.1, -0.05) is 0 Å². The van der Waals surface area contributed by atoms with Gasteiger partial charge in [-0.05, 0) is 26.2 Å². The monoisotopic (exact) mass is 218 g/mol. The summed E-state index contributed by atoms with van der Waals surface area (Å²) < 4.78 is 33.2. The predicted octanol–water partition coefficient (Wildman–Crippen LogP) is 2.32. The third kappa shape index (κ3) is 3.53. The third-order valence-corrected chi connectivity index (χ3v) is 2.14. The highest BCUT2D eigenvalue weighted by molar-refractivity contribution is 6.34. The molecule has 84 valence electrons. The van der Waals surface area contributed by atoms with Crippen molar-refractivity contribution in [1.82, 2.24) is 0 Å². The highest BCUT2D eigenvalue weighted by Gasteiger charge is 2.27. The summed E-state index contributed by atoms with van der Waals surface area (Å²) >= 11 is 0. The molecule has 1 rings (SSSR count). The average molecular weight is 218 g/mol. The van der Waals surface area contributed by atoms with Crippen LogP contribution in [-0.4, -0.2) is 19.9 Å². The number of hydrogen-bond acceptors (Lipinski definition) is 3. The fourth-order valence-electron chi connectivity index (χ4n) is 1.50. The average Bonchev–Trinajstić information content (AvgIpc) is 2.17. The maximum Gasteiger partial charge on any atom is 0.798 e. The molecule has 1 aliphatic carbocycles. The van der Waals surface area contributed by atoms with Crippen LogP contribution >= 0.6 is 0 Å². The zero-order valence-electron chi connectivity index (χ0n) is 8.59. The zero-order chi connectivity index (χ0) is 11.3. The summed E-state index contributed by atoms with van der Waals surface area (Å²) in [7, 11) is -2.95. The molecule has 0 spiro atoms. The van der Waals surface area contributed by atoms with Gasteiger partial charge in [0.15, 0.2) is 5.78 Å². The van der Waals surface area contributed by atoms with Gasteiger partial charge in [-0.3, -0.25) is 4.79 Å². The Morgan fingerprint density at radius 2 is 2.07 bits per heavy atom. The summed E-state index contributed by atoms with van der Waals surface area (Å²) in [5.74, 6) is -0.442. The smallest absolute Gasteiger partial charge is 0.478 e. The van der Waals surface area contributed by atoms with Gasteiger partial charge in [-0.25, -0.2) is 8.63 Å². The minimum atomic E-state index is -2.95. The molecule has 0 radical (unpaired) electrons. The number of carbonyl (C=O) groups excluding carboxylic acids is 1. The van der Waals surface area contributed by atoms with E-state index in [2.05, 4.69) is 4.65 Å². The molecule has 0 unspecified atom stereocenters. The number of rotatable bonds is 4. The van der Waals surface area contributed by atoms with Gasteiger partial charge in [-0.15, -0.1) is 0 Å². The van der Waals surface area contributed by atoms with Gasteiger partial charge in [0, 0.05) is 6.42 Å². The number of halogens is 2. The van der Waals surface area contributed by atoms with Crippen LogP contribution in [0.3, 0.4) is 0 Å². The Morgan fingerprint density at radius 3 is 2.60 bits per heavy atom. The van der Waals surface area contributed by atoms with E-state index < -0.39 is 7.47 Å². The lowest BCUT2D eigenvalue weighted by molar-refractivity contribution is -0.117. The number of carbonyl (C=O) groups is 1. The van der Waals surface area contributed by atoms with Crippen LogP contribution in [0.1, 0.15) is 32.6 Å². The van der Waals surface area contributed by atoms with E-state index in [1.165, 1.54) is 0 Å². The third-order valence-electron chi connectivity index (χ3n) is 2.14. The summed E-state index contributed by atoms with van der Waals surface area (Å²) in [6.07, 6.45) is 2.46. The van der Waals surface area contributed by atoms with Crippen LogP contribution in [0.15, 0.2) is 11.5 Å². The molecule has 0 atom stereocenters. The van der Waals surface area contributed by atoms with Crippen molar-refractivity contribution in [3.63, 3.8) is 0 Å². The van der Waals surface area contributed by atoms with Crippen LogP contribution in [0.25, 0.3) is 0 Å². The first-order valence-corrected chi connectivity index (χ1v) is 4.99. The molecule has 0 aliphatic heterocycles. The normalized spacial score (nSPS) is 19.8. The Bertz CT molecular complexity index is 266. The van der Waals surface area contributed by atoms with Gasteiger partial charge in [-0.2, -0.15) is 0 Å². The molecule has 6 heteroatoms. The van der Waals surface area contributed by atoms with Crippen molar-refractivity contribution in [1.29, 1.82) is 0 Å². The van der Waals surface area contributed by atoms with Crippen molar-refractivity contribution in [3.8, 4) is 0 Å². The number of ether oxygens (including phenoxy) is 1. The number of allylic oxidation sites excluding steroid dienone is 1. The maximum absolute atomic E-state index is 12.0. The lowest BCUT2D eigenvalue weighted by Crippen LogP contribution is -2.17. The number of hydrogen-bond donors (Lipinski definition) is 0. The topological polar surface area (TPSA) is 35.5 Å². The van der Waals surface area contributed by atoms with Gasteiger partial charge >= 0.3 is 7.47 Å². The molecule has 1 saturated carbocycles. The fraction of sp³-hybridized carbons (Fsp3) is 0.667. The van der Waals surface area contributed by atoms with Crippen LogP contribution in [-0.2, 0) is 14.2 Å². The second kappa shape index (κ2) is 5.73. The summed E-state index contributed by atoms with van der Waals surface area (Å²) in [5, 5.41) is 0. The summed E-state index contributed by atoms with van der Waals surface area (Å²) in [4.78, 5) is 11.4. The molecule has 0 saturated heterocycles. The van der Waals surface area contributed by atoms with E-state index in [0.29, 0.717) is 12.8 Å². The van der Waals surface area contributed by atoms with Crippen molar-refractivity contribution < 1.29 is 22.8 Å². The fourth-order valence-corrected chi connectivity index (χ4v) is 1.50. The summed E-state index contributed by atoms with van der Waals surface area (Å²) in [5.41, 5.74) is 0.267. The van der Waals surface area contributed by atoms with E-state index in [1.807, 2.05) is 0 Å². The second-order valence-corrected chi connectivity index (χ2v) is 3.21. The van der Waals surface area contributed by atoms with Gasteiger partial charge in [0.25, 0.3) is 5.95 Å². The van der Waals surface area contributed by atoms with Gasteiger partial charge in [0.05, 0.1) is 12.2 Å². The molecule has 1 aliphatic rings. The van der Waals surface area contributed by atoms with Crippen LogP contribution < -0.4 is 0 Å². The predicted molar refractivity (Wildman–Crippen MR) is 51.2 cm³/mol. The molecular formula is C9H13BF2O3. The molecule has 0 N–H and O–H groups in total. The van der Waals surface area contributed by atoms with Gasteiger partial charge < -0.3 is 9.39 Å². The van der Waals surface area contributed by atoms with E-state index in [9.17, 15) is 13.4 Å². The highest BCUT2D eigenvalue weighted by Crippen LogP contribution is 2.24. The Morgan fingerprint density at radius 1 is 1.40 bits per heavy atom. The maximum atomic E-state index is 12.0. The van der Waals surface area contributed by atoms with E-state index in [1.54, 1.807) is 6.92 Å². The van der Waals surface area contributed by atoms with Crippen LogP contribution in [0.4, 0.5) is 8.63 Å². The second-order valence-electron chi connectivity index (χ2n) is 3.21. The van der Waals surface area contributed by atoms with Crippen molar-refractivity contribution in [2.24, 2.45) is 0 Å². The molecule has 15 heavy (non-hydrogen) atoms. The molecule has 0 amide bonds. The Balaban J connectivity index is 2.80. The Labute approximate surface area is 87.6 Å². The van der Waals surface area contributed by atoms with E-state index in [4.69, 9.17) is 4.74 Å². The van der Waals surface area contributed by atoms with Gasteiger partial charge in [0.1, 0.15) is 0 Å².